The molecule has 1 aliphatic carbocycles. The van der Waals surface area contributed by atoms with Gasteiger partial charge in [-0.25, -0.2) is 0 Å². The van der Waals surface area contributed by atoms with Crippen molar-refractivity contribution < 1.29 is 19.1 Å². The Labute approximate surface area is 171 Å². The molecule has 6 nitrogen and oxygen atoms in total. The average molecular weight is 396 g/mol. The Bertz CT molecular complexity index is 879. The van der Waals surface area contributed by atoms with Crippen molar-refractivity contribution in [3.63, 3.8) is 0 Å². The first-order chi connectivity index (χ1) is 14.0. The van der Waals surface area contributed by atoms with Gasteiger partial charge in [0, 0.05) is 20.6 Å². The molecule has 1 atom stereocenters. The number of rotatable bonds is 7. The van der Waals surface area contributed by atoms with E-state index in [4.69, 9.17) is 9.47 Å². The number of nitrogens with zero attached hydrogens (tertiary/aromatic N) is 1. The Kier molecular flexibility index (Phi) is 6.75. The molecule has 2 aromatic carbocycles. The monoisotopic (exact) mass is 396 g/mol. The molecule has 6 heteroatoms. The number of hydrogen-bond acceptors (Lipinski definition) is 4. The molecule has 0 fully saturated rings. The van der Waals surface area contributed by atoms with Crippen LogP contribution in [-0.2, 0) is 22.6 Å². The molecule has 1 N–H and O–H groups in total. The Balaban J connectivity index is 1.62. The zero-order chi connectivity index (χ0) is 20.8. The number of hydrogen-bond donors (Lipinski definition) is 1. The maximum absolute atomic E-state index is 12.8. The lowest BCUT2D eigenvalue weighted by atomic mass is 9.82. The molecular weight excluding hydrogens is 368 g/mol. The van der Waals surface area contributed by atoms with Crippen LogP contribution in [0.15, 0.2) is 42.5 Å². The van der Waals surface area contributed by atoms with E-state index in [2.05, 4.69) is 17.4 Å². The predicted molar refractivity (Wildman–Crippen MR) is 111 cm³/mol. The molecule has 0 saturated heterocycles. The summed E-state index contributed by atoms with van der Waals surface area (Å²) in [5, 5.41) is 3.05. The highest BCUT2D eigenvalue weighted by atomic mass is 16.5. The molecule has 0 bridgehead atoms. The summed E-state index contributed by atoms with van der Waals surface area (Å²) in [5.41, 5.74) is 3.32. The number of fused-ring (bicyclic) bond motifs is 1. The summed E-state index contributed by atoms with van der Waals surface area (Å²) in [5.74, 6) is 0.857. The van der Waals surface area contributed by atoms with Crippen molar-refractivity contribution in [1.82, 2.24) is 10.2 Å². The lowest BCUT2D eigenvalue weighted by molar-refractivity contribution is -0.130. The predicted octanol–water partition coefficient (Wildman–Crippen LogP) is 2.90. The Morgan fingerprint density at radius 2 is 1.93 bits per heavy atom. The maximum Gasteiger partial charge on any atom is 0.259 e. The van der Waals surface area contributed by atoms with E-state index in [0.717, 1.165) is 30.4 Å². The number of methoxy groups -OCH3 is 1. The number of aryl methyl sites for hydroxylation is 1. The first-order valence-corrected chi connectivity index (χ1v) is 9.85. The summed E-state index contributed by atoms with van der Waals surface area (Å²) in [6, 6.07) is 13.6. The molecule has 1 unspecified atom stereocenters. The van der Waals surface area contributed by atoms with Crippen LogP contribution < -0.4 is 14.8 Å². The van der Waals surface area contributed by atoms with Crippen LogP contribution in [0, 0.1) is 0 Å². The minimum absolute atomic E-state index is 0.0491. The molecule has 0 saturated carbocycles. The van der Waals surface area contributed by atoms with Crippen molar-refractivity contribution in [2.75, 3.05) is 27.8 Å². The normalized spacial score (nSPS) is 15.2. The van der Waals surface area contributed by atoms with Crippen LogP contribution in [0.25, 0.3) is 0 Å². The molecule has 1 aliphatic rings. The highest BCUT2D eigenvalue weighted by Gasteiger charge is 2.25. The van der Waals surface area contributed by atoms with Crippen LogP contribution in [0.1, 0.15) is 35.4 Å². The van der Waals surface area contributed by atoms with Gasteiger partial charge < -0.3 is 19.7 Å². The third kappa shape index (κ3) is 5.08. The maximum atomic E-state index is 12.8. The molecule has 29 heavy (non-hydrogen) atoms. The fourth-order valence-corrected chi connectivity index (χ4v) is 3.55. The highest BCUT2D eigenvalue weighted by Crippen LogP contribution is 2.32. The summed E-state index contributed by atoms with van der Waals surface area (Å²) in [6.45, 7) is 0.352. The van der Waals surface area contributed by atoms with Crippen molar-refractivity contribution in [3.8, 4) is 11.5 Å². The van der Waals surface area contributed by atoms with Gasteiger partial charge >= 0.3 is 0 Å². The van der Waals surface area contributed by atoms with Crippen LogP contribution in [-0.4, -0.2) is 44.5 Å². The van der Waals surface area contributed by atoms with Gasteiger partial charge in [0.05, 0.1) is 13.0 Å². The van der Waals surface area contributed by atoms with Crippen LogP contribution in [0.4, 0.5) is 0 Å². The van der Waals surface area contributed by atoms with Crippen LogP contribution >= 0.6 is 0 Å². The number of nitrogens with one attached hydrogen (secondary N) is 1. The zero-order valence-corrected chi connectivity index (χ0v) is 17.2. The molecular formula is C23H28N2O4. The summed E-state index contributed by atoms with van der Waals surface area (Å²) in [6.07, 6.45) is 2.94. The number of likely N-dealkylation sites (N-methyl/N-ethyl adjacent to an activating group) is 1. The summed E-state index contributed by atoms with van der Waals surface area (Å²) in [4.78, 5) is 26.0. The SMILES string of the molecule is COc1cc(CNC(=O)C2CCCc3ccccc32)ccc1OCC(=O)N(C)C. The second kappa shape index (κ2) is 9.45. The Morgan fingerprint density at radius 3 is 2.69 bits per heavy atom. The molecule has 0 heterocycles. The largest absolute Gasteiger partial charge is 0.493 e. The van der Waals surface area contributed by atoms with Crippen molar-refractivity contribution in [2.24, 2.45) is 0 Å². The summed E-state index contributed by atoms with van der Waals surface area (Å²) in [7, 11) is 4.91. The van der Waals surface area contributed by atoms with Gasteiger partial charge in [0.25, 0.3) is 5.91 Å². The number of ether oxygens (including phenoxy) is 2. The number of benzene rings is 2. The fraction of sp³-hybridized carbons (Fsp3) is 0.391. The minimum Gasteiger partial charge on any atom is -0.493 e. The Hall–Kier alpha value is -3.02. The first kappa shape index (κ1) is 20.7. The van der Waals surface area contributed by atoms with Gasteiger partial charge in [-0.2, -0.15) is 0 Å². The second-order valence-corrected chi connectivity index (χ2v) is 7.42. The standard InChI is InChI=1S/C23H28N2O4/c1-25(2)22(26)15-29-20-12-11-16(13-21(20)28-3)14-24-23(27)19-10-6-8-17-7-4-5-9-18(17)19/h4-5,7,9,11-13,19H,6,8,10,14-15H2,1-3H3,(H,24,27). The topological polar surface area (TPSA) is 67.9 Å². The smallest absolute Gasteiger partial charge is 0.259 e. The molecule has 2 aromatic rings. The number of carbonyl (C=O) groups excluding carboxylic acids is 2. The molecule has 0 spiro atoms. The van der Waals surface area contributed by atoms with E-state index in [9.17, 15) is 9.59 Å². The van der Waals surface area contributed by atoms with E-state index >= 15 is 0 Å². The third-order valence-electron chi connectivity index (χ3n) is 5.23. The third-order valence-corrected chi connectivity index (χ3v) is 5.23. The highest BCUT2D eigenvalue weighted by molar-refractivity contribution is 5.84. The number of carbonyl (C=O) groups is 2. The van der Waals surface area contributed by atoms with E-state index in [1.807, 2.05) is 24.3 Å². The number of amides is 2. The quantitative estimate of drug-likeness (QED) is 0.781. The van der Waals surface area contributed by atoms with Crippen molar-refractivity contribution in [3.05, 3.63) is 59.2 Å². The molecule has 0 radical (unpaired) electrons. The lowest BCUT2D eigenvalue weighted by Gasteiger charge is -2.24. The second-order valence-electron chi connectivity index (χ2n) is 7.42. The summed E-state index contributed by atoms with van der Waals surface area (Å²) >= 11 is 0. The van der Waals surface area contributed by atoms with Gasteiger partial charge in [-0.05, 0) is 48.1 Å². The van der Waals surface area contributed by atoms with Crippen molar-refractivity contribution in [1.29, 1.82) is 0 Å². The van der Waals surface area contributed by atoms with E-state index in [-0.39, 0.29) is 24.3 Å². The van der Waals surface area contributed by atoms with Gasteiger partial charge in [-0.1, -0.05) is 30.3 Å². The Morgan fingerprint density at radius 1 is 1.14 bits per heavy atom. The van der Waals surface area contributed by atoms with Gasteiger partial charge in [-0.3, -0.25) is 9.59 Å². The fourth-order valence-electron chi connectivity index (χ4n) is 3.55. The van der Waals surface area contributed by atoms with Gasteiger partial charge in [0.15, 0.2) is 18.1 Å². The van der Waals surface area contributed by atoms with Crippen LogP contribution in [0.5, 0.6) is 11.5 Å². The van der Waals surface area contributed by atoms with E-state index < -0.39 is 0 Å². The van der Waals surface area contributed by atoms with Gasteiger partial charge in [0.2, 0.25) is 5.91 Å². The van der Waals surface area contributed by atoms with Gasteiger partial charge in [0.1, 0.15) is 0 Å². The van der Waals surface area contributed by atoms with E-state index in [0.29, 0.717) is 18.0 Å². The molecule has 0 aromatic heterocycles. The minimum atomic E-state index is -0.129. The van der Waals surface area contributed by atoms with Crippen LogP contribution in [0.2, 0.25) is 0 Å². The van der Waals surface area contributed by atoms with E-state index in [1.54, 1.807) is 27.3 Å². The van der Waals surface area contributed by atoms with Gasteiger partial charge in [-0.15, -0.1) is 0 Å². The van der Waals surface area contributed by atoms with E-state index in [1.165, 1.54) is 10.5 Å². The van der Waals surface area contributed by atoms with Crippen molar-refractivity contribution in [2.45, 2.75) is 31.7 Å². The average Bonchev–Trinajstić information content (AvgIpc) is 2.75. The zero-order valence-electron chi connectivity index (χ0n) is 17.2. The lowest BCUT2D eigenvalue weighted by Crippen LogP contribution is -2.31. The van der Waals surface area contributed by atoms with Crippen molar-refractivity contribution >= 4 is 11.8 Å². The van der Waals surface area contributed by atoms with Crippen LogP contribution in [0.3, 0.4) is 0 Å². The molecule has 154 valence electrons. The molecule has 2 amide bonds. The summed E-state index contributed by atoms with van der Waals surface area (Å²) < 4.78 is 10.9. The molecule has 3 rings (SSSR count). The molecule has 0 aliphatic heterocycles. The first-order valence-electron chi connectivity index (χ1n) is 9.85.